The number of benzene rings is 1. The summed E-state index contributed by atoms with van der Waals surface area (Å²) in [6, 6.07) is 6.12. The summed E-state index contributed by atoms with van der Waals surface area (Å²) in [5.74, 6) is -0.405. The molecule has 0 saturated heterocycles. The van der Waals surface area contributed by atoms with Crippen molar-refractivity contribution >= 4 is 27.5 Å². The van der Waals surface area contributed by atoms with Crippen molar-refractivity contribution in [1.29, 1.82) is 0 Å². The molecule has 0 bridgehead atoms. The molecule has 0 fully saturated rings. The maximum atomic E-state index is 12.0. The minimum atomic E-state index is -3.96. The topological polar surface area (TPSA) is 125 Å². The highest BCUT2D eigenvalue weighted by atomic mass is 35.5. The summed E-state index contributed by atoms with van der Waals surface area (Å²) in [5, 5.41) is 20.4. The summed E-state index contributed by atoms with van der Waals surface area (Å²) in [4.78, 5) is 13.5. The number of aliphatic hydroxyl groups is 1. The smallest absolute Gasteiger partial charge is 0.383 e. The summed E-state index contributed by atoms with van der Waals surface area (Å²) in [6.45, 7) is 1.51. The van der Waals surface area contributed by atoms with Gasteiger partial charge in [-0.3, -0.25) is 8.75 Å². The van der Waals surface area contributed by atoms with E-state index in [9.17, 15) is 23.6 Å². The van der Waals surface area contributed by atoms with E-state index in [1.807, 2.05) is 6.92 Å². The van der Waals surface area contributed by atoms with Gasteiger partial charge in [0.2, 0.25) is 0 Å². The fourth-order valence-electron chi connectivity index (χ4n) is 1.94. The molecule has 1 atom stereocenters. The summed E-state index contributed by atoms with van der Waals surface area (Å²) < 4.78 is 30.1. The minimum Gasteiger partial charge on any atom is -0.391 e. The number of aryl methyl sites for hydroxylation is 2. The van der Waals surface area contributed by atoms with Crippen molar-refractivity contribution in [3.8, 4) is 0 Å². The molecule has 0 spiro atoms. The standard InChI is InChI=1S/C14H16ClN3O6S/c1-10-2-4-12(5-3-10)25(22,23)24-9-11(19)6-7-17-8-13(18(20)21)16-14(17)15/h2-5,8,11,19H,6-7,9H2,1H3/t11-/m0/s1. The van der Waals surface area contributed by atoms with E-state index >= 15 is 0 Å². The first-order chi connectivity index (χ1) is 11.7. The number of aliphatic hydroxyl groups excluding tert-OH is 1. The van der Waals surface area contributed by atoms with Gasteiger partial charge in [0.15, 0.2) is 0 Å². The largest absolute Gasteiger partial charge is 0.391 e. The van der Waals surface area contributed by atoms with Crippen LogP contribution in [0.3, 0.4) is 0 Å². The average Bonchev–Trinajstić information content (AvgIpc) is 2.93. The molecule has 1 heterocycles. The van der Waals surface area contributed by atoms with E-state index in [1.54, 1.807) is 12.1 Å². The lowest BCUT2D eigenvalue weighted by molar-refractivity contribution is -0.389. The van der Waals surface area contributed by atoms with Crippen LogP contribution in [-0.4, -0.2) is 40.7 Å². The summed E-state index contributed by atoms with van der Waals surface area (Å²) in [5.41, 5.74) is 0.908. The molecule has 0 aliphatic heterocycles. The third kappa shape index (κ3) is 5.23. The Balaban J connectivity index is 1.89. The molecule has 2 rings (SSSR count). The van der Waals surface area contributed by atoms with Gasteiger partial charge in [0.1, 0.15) is 6.20 Å². The Kier molecular flexibility index (Phi) is 6.11. The van der Waals surface area contributed by atoms with Crippen LogP contribution in [0, 0.1) is 17.0 Å². The van der Waals surface area contributed by atoms with Gasteiger partial charge in [-0.15, -0.1) is 0 Å². The van der Waals surface area contributed by atoms with E-state index in [4.69, 9.17) is 15.8 Å². The average molecular weight is 390 g/mol. The van der Waals surface area contributed by atoms with E-state index in [-0.39, 0.29) is 23.1 Å². The quantitative estimate of drug-likeness (QED) is 0.415. The van der Waals surface area contributed by atoms with Gasteiger partial charge in [-0.2, -0.15) is 8.42 Å². The van der Waals surface area contributed by atoms with Gasteiger partial charge in [0.05, 0.1) is 17.6 Å². The minimum absolute atomic E-state index is 0.00132. The second-order valence-electron chi connectivity index (χ2n) is 5.31. The highest BCUT2D eigenvalue weighted by Gasteiger charge is 2.20. The molecule has 0 aliphatic carbocycles. The van der Waals surface area contributed by atoms with Crippen LogP contribution in [0.1, 0.15) is 12.0 Å². The maximum Gasteiger partial charge on any atom is 0.383 e. The van der Waals surface area contributed by atoms with Crippen molar-refractivity contribution in [1.82, 2.24) is 9.55 Å². The van der Waals surface area contributed by atoms with Gasteiger partial charge in [0.25, 0.3) is 10.1 Å². The lowest BCUT2D eigenvalue weighted by Gasteiger charge is -2.11. The van der Waals surface area contributed by atoms with E-state index in [1.165, 1.54) is 16.7 Å². The van der Waals surface area contributed by atoms with Gasteiger partial charge < -0.3 is 15.2 Å². The number of rotatable bonds is 8. The van der Waals surface area contributed by atoms with Crippen LogP contribution in [0.2, 0.25) is 5.28 Å². The Morgan fingerprint density at radius 3 is 2.60 bits per heavy atom. The Hall–Kier alpha value is -2.01. The van der Waals surface area contributed by atoms with E-state index in [0.29, 0.717) is 0 Å². The molecule has 136 valence electrons. The fourth-order valence-corrected chi connectivity index (χ4v) is 3.10. The summed E-state index contributed by atoms with van der Waals surface area (Å²) in [7, 11) is -3.96. The predicted molar refractivity (Wildman–Crippen MR) is 88.8 cm³/mol. The van der Waals surface area contributed by atoms with E-state index in [2.05, 4.69) is 4.98 Å². The molecule has 0 radical (unpaired) electrons. The predicted octanol–water partition coefficient (Wildman–Crippen LogP) is 1.91. The van der Waals surface area contributed by atoms with Crippen molar-refractivity contribution in [3.63, 3.8) is 0 Å². The molecular formula is C14H16ClN3O6S. The Bertz CT molecular complexity index is 850. The third-order valence-corrected chi connectivity index (χ3v) is 4.93. The Morgan fingerprint density at radius 1 is 1.40 bits per heavy atom. The summed E-state index contributed by atoms with van der Waals surface area (Å²) in [6.07, 6.45) is 0.119. The molecule has 1 aromatic heterocycles. The lowest BCUT2D eigenvalue weighted by atomic mass is 10.2. The molecule has 1 aromatic carbocycles. The van der Waals surface area contributed by atoms with Gasteiger partial charge in [-0.1, -0.05) is 17.7 Å². The first kappa shape index (κ1) is 19.3. The van der Waals surface area contributed by atoms with Gasteiger partial charge >= 0.3 is 11.1 Å². The maximum absolute atomic E-state index is 12.0. The van der Waals surface area contributed by atoms with Crippen LogP contribution in [-0.2, 0) is 20.8 Å². The first-order valence-corrected chi connectivity index (χ1v) is 8.99. The van der Waals surface area contributed by atoms with Crippen LogP contribution in [0.25, 0.3) is 0 Å². The SMILES string of the molecule is Cc1ccc(S(=O)(=O)OC[C@@H](O)CCn2cc([N+](=O)[O-])nc2Cl)cc1. The second-order valence-corrected chi connectivity index (χ2v) is 7.27. The molecule has 9 nitrogen and oxygen atoms in total. The van der Waals surface area contributed by atoms with Crippen LogP contribution in [0.5, 0.6) is 0 Å². The first-order valence-electron chi connectivity index (χ1n) is 7.20. The summed E-state index contributed by atoms with van der Waals surface area (Å²) >= 11 is 5.75. The number of hydrogen-bond acceptors (Lipinski definition) is 7. The van der Waals surface area contributed by atoms with Crippen LogP contribution in [0.4, 0.5) is 5.82 Å². The zero-order valence-corrected chi connectivity index (χ0v) is 14.8. The number of imidazole rings is 1. The molecule has 11 heteroatoms. The third-order valence-electron chi connectivity index (χ3n) is 3.33. The fraction of sp³-hybridized carbons (Fsp3) is 0.357. The second kappa shape index (κ2) is 7.91. The molecule has 0 saturated carbocycles. The number of halogens is 1. The van der Waals surface area contributed by atoms with Gasteiger partial charge in [-0.25, -0.2) is 0 Å². The van der Waals surface area contributed by atoms with E-state index in [0.717, 1.165) is 11.8 Å². The number of hydrogen-bond donors (Lipinski definition) is 1. The number of nitro groups is 1. The van der Waals surface area contributed by atoms with E-state index < -0.39 is 33.6 Å². The molecule has 1 N–H and O–H groups in total. The van der Waals surface area contributed by atoms with Gasteiger partial charge in [0, 0.05) is 6.54 Å². The molecule has 25 heavy (non-hydrogen) atoms. The van der Waals surface area contributed by atoms with Gasteiger partial charge in [-0.05, 0) is 47.0 Å². The van der Waals surface area contributed by atoms with Crippen molar-refractivity contribution in [2.75, 3.05) is 6.61 Å². The highest BCUT2D eigenvalue weighted by Crippen LogP contribution is 2.17. The highest BCUT2D eigenvalue weighted by molar-refractivity contribution is 7.86. The Morgan fingerprint density at radius 2 is 2.04 bits per heavy atom. The zero-order valence-electron chi connectivity index (χ0n) is 13.2. The van der Waals surface area contributed by atoms with Crippen LogP contribution < -0.4 is 0 Å². The number of aromatic nitrogens is 2. The molecular weight excluding hydrogens is 374 g/mol. The van der Waals surface area contributed by atoms with Crippen LogP contribution >= 0.6 is 11.6 Å². The van der Waals surface area contributed by atoms with Crippen molar-refractivity contribution < 1.29 is 22.6 Å². The van der Waals surface area contributed by atoms with Crippen LogP contribution in [0.15, 0.2) is 35.4 Å². The lowest BCUT2D eigenvalue weighted by Crippen LogP contribution is -2.20. The molecule has 0 aliphatic rings. The number of nitrogens with zero attached hydrogens (tertiary/aromatic N) is 3. The molecule has 0 amide bonds. The Labute approximate surface area is 149 Å². The molecule has 2 aromatic rings. The molecule has 0 unspecified atom stereocenters. The normalized spacial score (nSPS) is 12.9. The van der Waals surface area contributed by atoms with Crippen molar-refractivity contribution in [3.05, 3.63) is 51.4 Å². The monoisotopic (exact) mass is 389 g/mol. The van der Waals surface area contributed by atoms with Crippen molar-refractivity contribution in [2.24, 2.45) is 0 Å². The zero-order chi connectivity index (χ0) is 18.6. The van der Waals surface area contributed by atoms with Crippen molar-refractivity contribution in [2.45, 2.75) is 30.9 Å².